The summed E-state index contributed by atoms with van der Waals surface area (Å²) in [5, 5.41) is 7.99. The van der Waals surface area contributed by atoms with Crippen molar-refractivity contribution in [2.75, 3.05) is 11.8 Å². The van der Waals surface area contributed by atoms with Gasteiger partial charge in [0.1, 0.15) is 11.4 Å². The van der Waals surface area contributed by atoms with E-state index in [1.807, 2.05) is 0 Å². The predicted molar refractivity (Wildman–Crippen MR) is 110 cm³/mol. The summed E-state index contributed by atoms with van der Waals surface area (Å²) in [7, 11) is -2.27. The lowest BCUT2D eigenvalue weighted by Gasteiger charge is -2.07. The van der Waals surface area contributed by atoms with Gasteiger partial charge in [-0.3, -0.25) is 9.71 Å². The zero-order chi connectivity index (χ0) is 20.1. The molecule has 0 radical (unpaired) electrons. The minimum absolute atomic E-state index is 0.0740. The van der Waals surface area contributed by atoms with Crippen molar-refractivity contribution in [3.63, 3.8) is 0 Å². The summed E-state index contributed by atoms with van der Waals surface area (Å²) in [4.78, 5) is 4.43. The molecule has 3 rings (SSSR count). The lowest BCUT2D eigenvalue weighted by molar-refractivity contribution is 0.416. The first-order valence-corrected chi connectivity index (χ1v) is 10.1. The molecule has 144 valence electrons. The molecule has 28 heavy (non-hydrogen) atoms. The molecule has 0 aliphatic rings. The van der Waals surface area contributed by atoms with Crippen molar-refractivity contribution >= 4 is 50.9 Å². The molecule has 0 aliphatic carbocycles. The third-order valence-electron chi connectivity index (χ3n) is 3.56. The molecule has 1 heterocycles. The molecule has 0 aliphatic heterocycles. The third kappa shape index (κ3) is 4.98. The number of rotatable bonds is 6. The van der Waals surface area contributed by atoms with Gasteiger partial charge in [0.15, 0.2) is 11.0 Å². The fraction of sp³-hybridized carbons (Fsp3) is 0.0556. The first-order chi connectivity index (χ1) is 13.4. The first-order valence-electron chi connectivity index (χ1n) is 7.87. The van der Waals surface area contributed by atoms with Crippen LogP contribution in [0.1, 0.15) is 5.56 Å². The van der Waals surface area contributed by atoms with E-state index in [-0.39, 0.29) is 15.9 Å². The number of ether oxygens (including phenoxy) is 1. The maximum atomic E-state index is 12.4. The van der Waals surface area contributed by atoms with Crippen molar-refractivity contribution in [3.8, 4) is 5.75 Å². The Morgan fingerprint density at radius 3 is 2.43 bits per heavy atom. The number of hydrogen-bond acceptors (Lipinski definition) is 6. The van der Waals surface area contributed by atoms with Crippen molar-refractivity contribution in [2.24, 2.45) is 4.99 Å². The van der Waals surface area contributed by atoms with Crippen molar-refractivity contribution in [2.45, 2.75) is 4.90 Å². The molecular weight excluding hydrogens is 423 g/mol. The van der Waals surface area contributed by atoms with Gasteiger partial charge in [0, 0.05) is 17.3 Å². The third-order valence-corrected chi connectivity index (χ3v) is 5.36. The van der Waals surface area contributed by atoms with E-state index in [4.69, 9.17) is 27.9 Å². The number of benzene rings is 2. The molecule has 1 N–H and O–H groups in total. The van der Waals surface area contributed by atoms with E-state index in [2.05, 4.69) is 19.9 Å². The zero-order valence-corrected chi connectivity index (χ0v) is 16.8. The molecule has 0 spiro atoms. The molecule has 0 atom stereocenters. The van der Waals surface area contributed by atoms with Crippen LogP contribution >= 0.6 is 23.2 Å². The number of nitrogens with one attached hydrogen (secondary N) is 1. The van der Waals surface area contributed by atoms with Gasteiger partial charge in [-0.05, 0) is 42.0 Å². The molecule has 2 aromatic carbocycles. The van der Waals surface area contributed by atoms with E-state index in [0.717, 1.165) is 0 Å². The average Bonchev–Trinajstić information content (AvgIpc) is 2.69. The van der Waals surface area contributed by atoms with E-state index < -0.39 is 10.0 Å². The van der Waals surface area contributed by atoms with Gasteiger partial charge in [0.05, 0.1) is 12.0 Å². The normalized spacial score (nSPS) is 11.5. The number of nitrogens with zero attached hydrogens (tertiary/aromatic N) is 3. The van der Waals surface area contributed by atoms with E-state index in [9.17, 15) is 8.42 Å². The standard InChI is InChI=1S/C18H14Cl2N4O3S/c1-27-16-10-13(19)4-7-15(16)21-11-12-2-5-14(6-3-12)28(25,26)24-18-9-8-17(20)22-23-18/h2-11H,1H3,(H,23,24). The molecule has 3 aromatic rings. The minimum Gasteiger partial charge on any atom is -0.494 e. The molecule has 0 unspecified atom stereocenters. The minimum atomic E-state index is -3.80. The summed E-state index contributed by atoms with van der Waals surface area (Å²) >= 11 is 11.6. The fourth-order valence-corrected chi connectivity index (χ4v) is 3.46. The van der Waals surface area contributed by atoms with Gasteiger partial charge >= 0.3 is 0 Å². The molecule has 0 bridgehead atoms. The van der Waals surface area contributed by atoms with Crippen LogP contribution in [-0.2, 0) is 10.0 Å². The molecule has 10 heteroatoms. The molecule has 7 nitrogen and oxygen atoms in total. The summed E-state index contributed by atoms with van der Waals surface area (Å²) in [6.45, 7) is 0. The van der Waals surface area contributed by atoms with Gasteiger partial charge in [0.2, 0.25) is 0 Å². The Morgan fingerprint density at radius 2 is 1.79 bits per heavy atom. The largest absolute Gasteiger partial charge is 0.494 e. The Kier molecular flexibility index (Phi) is 6.13. The lowest BCUT2D eigenvalue weighted by Crippen LogP contribution is -2.14. The number of aliphatic imine (C=N–C) groups is 1. The summed E-state index contributed by atoms with van der Waals surface area (Å²) in [6, 6.07) is 14.2. The number of methoxy groups -OCH3 is 1. The van der Waals surface area contributed by atoms with Crippen LogP contribution in [0.15, 0.2) is 64.5 Å². The van der Waals surface area contributed by atoms with Crippen LogP contribution < -0.4 is 9.46 Å². The maximum Gasteiger partial charge on any atom is 0.263 e. The highest BCUT2D eigenvalue weighted by Crippen LogP contribution is 2.30. The molecular formula is C18H14Cl2N4O3S. The number of hydrogen-bond donors (Lipinski definition) is 1. The topological polar surface area (TPSA) is 93.5 Å². The van der Waals surface area contributed by atoms with Crippen LogP contribution in [0.2, 0.25) is 10.2 Å². The van der Waals surface area contributed by atoms with Gasteiger partial charge < -0.3 is 4.74 Å². The van der Waals surface area contributed by atoms with Crippen molar-refractivity contribution in [1.82, 2.24) is 10.2 Å². The number of anilines is 1. The van der Waals surface area contributed by atoms with Crippen LogP contribution in [0.4, 0.5) is 11.5 Å². The maximum absolute atomic E-state index is 12.4. The highest BCUT2D eigenvalue weighted by molar-refractivity contribution is 7.92. The number of sulfonamides is 1. The smallest absolute Gasteiger partial charge is 0.263 e. The highest BCUT2D eigenvalue weighted by Gasteiger charge is 2.15. The van der Waals surface area contributed by atoms with E-state index in [1.165, 1.54) is 31.4 Å². The van der Waals surface area contributed by atoms with Gasteiger partial charge in [-0.1, -0.05) is 35.3 Å². The van der Waals surface area contributed by atoms with Gasteiger partial charge in [-0.25, -0.2) is 8.42 Å². The fourth-order valence-electron chi connectivity index (χ4n) is 2.20. The molecule has 0 fully saturated rings. The Morgan fingerprint density at radius 1 is 1.04 bits per heavy atom. The molecule has 0 saturated heterocycles. The Hall–Kier alpha value is -2.68. The Labute approximate surface area is 172 Å². The number of aromatic nitrogens is 2. The number of halogens is 2. The quantitative estimate of drug-likeness (QED) is 0.579. The van der Waals surface area contributed by atoms with Crippen LogP contribution in [0.25, 0.3) is 0 Å². The second kappa shape index (κ2) is 8.55. The van der Waals surface area contributed by atoms with Crippen LogP contribution in [-0.4, -0.2) is 31.9 Å². The van der Waals surface area contributed by atoms with Crippen LogP contribution in [0.5, 0.6) is 5.75 Å². The summed E-state index contributed by atoms with van der Waals surface area (Å²) in [5.74, 6) is 0.612. The van der Waals surface area contributed by atoms with E-state index >= 15 is 0 Å². The molecule has 1 aromatic heterocycles. The monoisotopic (exact) mass is 436 g/mol. The second-order valence-electron chi connectivity index (χ2n) is 5.49. The SMILES string of the molecule is COc1cc(Cl)ccc1N=Cc1ccc(S(=O)(=O)Nc2ccc(Cl)nn2)cc1. The van der Waals surface area contributed by atoms with Crippen molar-refractivity contribution in [1.29, 1.82) is 0 Å². The predicted octanol–water partition coefficient (Wildman–Crippen LogP) is 4.34. The lowest BCUT2D eigenvalue weighted by atomic mass is 10.2. The van der Waals surface area contributed by atoms with Crippen LogP contribution in [0.3, 0.4) is 0 Å². The average molecular weight is 437 g/mol. The highest BCUT2D eigenvalue weighted by atomic mass is 35.5. The summed E-state index contributed by atoms with van der Waals surface area (Å²) in [6.07, 6.45) is 1.60. The molecule has 0 saturated carbocycles. The van der Waals surface area contributed by atoms with Gasteiger partial charge in [0.25, 0.3) is 10.0 Å². The second-order valence-corrected chi connectivity index (χ2v) is 8.00. The van der Waals surface area contributed by atoms with E-state index in [0.29, 0.717) is 22.0 Å². The molecule has 0 amide bonds. The Bertz CT molecular complexity index is 1100. The first kappa shape index (κ1) is 20.1. The van der Waals surface area contributed by atoms with Crippen molar-refractivity contribution in [3.05, 3.63) is 70.3 Å². The zero-order valence-electron chi connectivity index (χ0n) is 14.5. The van der Waals surface area contributed by atoms with E-state index in [1.54, 1.807) is 36.5 Å². The Balaban J connectivity index is 1.76. The van der Waals surface area contributed by atoms with Gasteiger partial charge in [-0.2, -0.15) is 0 Å². The summed E-state index contributed by atoms with van der Waals surface area (Å²) in [5.41, 5.74) is 1.31. The van der Waals surface area contributed by atoms with Crippen LogP contribution in [0, 0.1) is 0 Å². The van der Waals surface area contributed by atoms with Gasteiger partial charge in [-0.15, -0.1) is 10.2 Å². The van der Waals surface area contributed by atoms with Crippen molar-refractivity contribution < 1.29 is 13.2 Å². The summed E-state index contributed by atoms with van der Waals surface area (Å²) < 4.78 is 32.4.